The topological polar surface area (TPSA) is 53.0 Å². The van der Waals surface area contributed by atoms with E-state index < -0.39 is 0 Å². The minimum absolute atomic E-state index is 0.599. The SMILES string of the molecule is CN=C(NCc1csc(N(C)C)n1)N(C)CCOc1ccc(C)cc1. The van der Waals surface area contributed by atoms with Crippen LogP contribution in [0, 0.1) is 6.92 Å². The Morgan fingerprint density at radius 1 is 1.24 bits per heavy atom. The van der Waals surface area contributed by atoms with Gasteiger partial charge in [-0.1, -0.05) is 17.7 Å². The molecule has 0 atom stereocenters. The molecule has 0 fully saturated rings. The largest absolute Gasteiger partial charge is 0.492 e. The number of thiazole rings is 1. The van der Waals surface area contributed by atoms with Crippen LogP contribution in [-0.2, 0) is 6.54 Å². The molecule has 0 unspecified atom stereocenters. The number of hydrogen-bond donors (Lipinski definition) is 1. The third kappa shape index (κ3) is 5.94. The summed E-state index contributed by atoms with van der Waals surface area (Å²) in [6, 6.07) is 8.09. The lowest BCUT2D eigenvalue weighted by Crippen LogP contribution is -2.40. The number of anilines is 1. The minimum Gasteiger partial charge on any atom is -0.492 e. The van der Waals surface area contributed by atoms with Crippen molar-refractivity contribution in [2.75, 3.05) is 46.2 Å². The number of aliphatic imine (C=N–C) groups is 1. The summed E-state index contributed by atoms with van der Waals surface area (Å²) in [6.45, 7) is 4.06. The van der Waals surface area contributed by atoms with Crippen LogP contribution >= 0.6 is 11.3 Å². The van der Waals surface area contributed by atoms with Gasteiger partial charge in [-0.15, -0.1) is 11.3 Å². The summed E-state index contributed by atoms with van der Waals surface area (Å²) in [6.07, 6.45) is 0. The summed E-state index contributed by atoms with van der Waals surface area (Å²) in [7, 11) is 7.78. The Bertz CT molecular complexity index is 681. The summed E-state index contributed by atoms with van der Waals surface area (Å²) < 4.78 is 5.78. The first-order valence-electron chi connectivity index (χ1n) is 8.22. The van der Waals surface area contributed by atoms with Crippen LogP contribution in [0.1, 0.15) is 11.3 Å². The number of nitrogens with zero attached hydrogens (tertiary/aromatic N) is 4. The second-order valence-corrected chi connectivity index (χ2v) is 6.84. The van der Waals surface area contributed by atoms with Crippen LogP contribution in [-0.4, -0.2) is 57.2 Å². The van der Waals surface area contributed by atoms with Gasteiger partial charge in [0.15, 0.2) is 11.1 Å². The van der Waals surface area contributed by atoms with Crippen LogP contribution in [0.5, 0.6) is 5.75 Å². The third-order valence-corrected chi connectivity index (χ3v) is 4.70. The summed E-state index contributed by atoms with van der Waals surface area (Å²) in [5, 5.41) is 6.41. The molecule has 136 valence electrons. The number of hydrogen-bond acceptors (Lipinski definition) is 5. The van der Waals surface area contributed by atoms with Crippen molar-refractivity contribution in [3.63, 3.8) is 0 Å². The van der Waals surface area contributed by atoms with E-state index in [9.17, 15) is 0 Å². The van der Waals surface area contributed by atoms with Gasteiger partial charge in [-0.05, 0) is 19.1 Å². The lowest BCUT2D eigenvalue weighted by molar-refractivity contribution is 0.281. The Morgan fingerprint density at radius 2 is 1.96 bits per heavy atom. The van der Waals surface area contributed by atoms with Crippen molar-refractivity contribution < 1.29 is 4.74 Å². The molecule has 2 aromatic rings. The van der Waals surface area contributed by atoms with E-state index in [1.54, 1.807) is 18.4 Å². The fourth-order valence-corrected chi connectivity index (χ4v) is 2.94. The molecule has 6 nitrogen and oxygen atoms in total. The number of ether oxygens (including phenoxy) is 1. The molecule has 1 heterocycles. The maximum absolute atomic E-state index is 5.78. The maximum Gasteiger partial charge on any atom is 0.193 e. The van der Waals surface area contributed by atoms with Crippen LogP contribution in [0.15, 0.2) is 34.6 Å². The Labute approximate surface area is 154 Å². The van der Waals surface area contributed by atoms with E-state index in [1.165, 1.54) is 5.56 Å². The highest BCUT2D eigenvalue weighted by Crippen LogP contribution is 2.17. The third-order valence-electron chi connectivity index (χ3n) is 3.64. The molecule has 0 aliphatic carbocycles. The normalized spacial score (nSPS) is 11.3. The smallest absolute Gasteiger partial charge is 0.193 e. The molecule has 0 bridgehead atoms. The molecule has 1 N–H and O–H groups in total. The van der Waals surface area contributed by atoms with Gasteiger partial charge in [-0.3, -0.25) is 4.99 Å². The van der Waals surface area contributed by atoms with Crippen LogP contribution in [0.4, 0.5) is 5.13 Å². The highest BCUT2D eigenvalue weighted by molar-refractivity contribution is 7.13. The first-order chi connectivity index (χ1) is 12.0. The van der Waals surface area contributed by atoms with Gasteiger partial charge in [0.1, 0.15) is 12.4 Å². The van der Waals surface area contributed by atoms with Crippen molar-refractivity contribution >= 4 is 22.4 Å². The minimum atomic E-state index is 0.599. The molecular formula is C18H27N5OS. The van der Waals surface area contributed by atoms with E-state index in [0.29, 0.717) is 13.2 Å². The summed E-state index contributed by atoms with van der Waals surface area (Å²) in [5.41, 5.74) is 2.24. The van der Waals surface area contributed by atoms with Crippen molar-refractivity contribution in [3.8, 4) is 5.75 Å². The first-order valence-corrected chi connectivity index (χ1v) is 9.10. The Balaban J connectivity index is 1.77. The van der Waals surface area contributed by atoms with Gasteiger partial charge in [0.25, 0.3) is 0 Å². The van der Waals surface area contributed by atoms with Crippen molar-refractivity contribution in [2.24, 2.45) is 4.99 Å². The highest BCUT2D eigenvalue weighted by atomic mass is 32.1. The monoisotopic (exact) mass is 361 g/mol. The second-order valence-electron chi connectivity index (χ2n) is 6.00. The molecule has 0 aliphatic rings. The van der Waals surface area contributed by atoms with Gasteiger partial charge >= 0.3 is 0 Å². The number of benzene rings is 1. The molecule has 1 aromatic heterocycles. The molecular weight excluding hydrogens is 334 g/mol. The van der Waals surface area contributed by atoms with Crippen molar-refractivity contribution in [1.29, 1.82) is 0 Å². The molecule has 0 spiro atoms. The molecule has 1 aromatic carbocycles. The van der Waals surface area contributed by atoms with Gasteiger partial charge in [-0.25, -0.2) is 4.98 Å². The van der Waals surface area contributed by atoms with E-state index in [1.807, 2.05) is 43.1 Å². The van der Waals surface area contributed by atoms with Gasteiger partial charge < -0.3 is 19.9 Å². The van der Waals surface area contributed by atoms with Crippen LogP contribution in [0.3, 0.4) is 0 Å². The van der Waals surface area contributed by atoms with Crippen molar-refractivity contribution in [1.82, 2.24) is 15.2 Å². The number of guanidine groups is 1. The quantitative estimate of drug-likeness (QED) is 0.607. The van der Waals surface area contributed by atoms with E-state index in [2.05, 4.69) is 39.7 Å². The van der Waals surface area contributed by atoms with E-state index in [4.69, 9.17) is 4.74 Å². The van der Waals surface area contributed by atoms with Gasteiger partial charge in [0.05, 0.1) is 18.8 Å². The molecule has 0 saturated heterocycles. The lowest BCUT2D eigenvalue weighted by atomic mass is 10.2. The maximum atomic E-state index is 5.78. The van der Waals surface area contributed by atoms with Crippen LogP contribution < -0.4 is 15.0 Å². The lowest BCUT2D eigenvalue weighted by Gasteiger charge is -2.21. The number of rotatable bonds is 7. The molecule has 2 rings (SSSR count). The predicted molar refractivity (Wildman–Crippen MR) is 106 cm³/mol. The van der Waals surface area contributed by atoms with E-state index >= 15 is 0 Å². The fourth-order valence-electron chi connectivity index (χ4n) is 2.18. The molecule has 0 radical (unpaired) electrons. The van der Waals surface area contributed by atoms with Gasteiger partial charge in [0, 0.05) is 33.6 Å². The summed E-state index contributed by atoms with van der Waals surface area (Å²) in [5.74, 6) is 1.72. The van der Waals surface area contributed by atoms with E-state index in [0.717, 1.165) is 29.1 Å². The molecule has 7 heteroatoms. The molecule has 0 aliphatic heterocycles. The zero-order valence-electron chi connectivity index (χ0n) is 15.6. The Kier molecular flexibility index (Phi) is 7.06. The standard InChI is InChI=1S/C18H27N5OS/c1-14-6-8-16(9-7-14)24-11-10-23(5)17(19-2)20-12-15-13-25-18(21-15)22(3)4/h6-9,13H,10-12H2,1-5H3,(H,19,20). The van der Waals surface area contributed by atoms with Crippen LogP contribution in [0.2, 0.25) is 0 Å². The summed E-state index contributed by atoms with van der Waals surface area (Å²) in [4.78, 5) is 13.0. The highest BCUT2D eigenvalue weighted by Gasteiger charge is 2.08. The fraction of sp³-hybridized carbons (Fsp3) is 0.444. The number of aryl methyl sites for hydroxylation is 1. The Hall–Kier alpha value is -2.28. The van der Waals surface area contributed by atoms with Gasteiger partial charge in [0.2, 0.25) is 0 Å². The number of aromatic nitrogens is 1. The second kappa shape index (κ2) is 9.27. The van der Waals surface area contributed by atoms with E-state index in [-0.39, 0.29) is 0 Å². The van der Waals surface area contributed by atoms with Crippen molar-refractivity contribution in [3.05, 3.63) is 40.9 Å². The van der Waals surface area contributed by atoms with Gasteiger partial charge in [-0.2, -0.15) is 0 Å². The zero-order chi connectivity index (χ0) is 18.2. The first kappa shape index (κ1) is 19.1. The summed E-state index contributed by atoms with van der Waals surface area (Å²) >= 11 is 1.64. The average molecular weight is 362 g/mol. The number of likely N-dealkylation sites (N-methyl/N-ethyl adjacent to an activating group) is 1. The average Bonchev–Trinajstić information content (AvgIpc) is 3.06. The van der Waals surface area contributed by atoms with Crippen LogP contribution in [0.25, 0.3) is 0 Å². The Morgan fingerprint density at radius 3 is 2.56 bits per heavy atom. The molecule has 0 saturated carbocycles. The molecule has 0 amide bonds. The predicted octanol–water partition coefficient (Wildman–Crippen LogP) is 2.60. The number of nitrogens with one attached hydrogen (secondary N) is 1. The molecule has 25 heavy (non-hydrogen) atoms. The van der Waals surface area contributed by atoms with Crippen molar-refractivity contribution in [2.45, 2.75) is 13.5 Å². The zero-order valence-corrected chi connectivity index (χ0v) is 16.4.